The van der Waals surface area contributed by atoms with Gasteiger partial charge in [-0.3, -0.25) is 4.90 Å². The SMILES string of the molecule is CCCN(Cc1ccc(O)cc1)C(C)C. The maximum Gasteiger partial charge on any atom is 0.115 e. The van der Waals surface area contributed by atoms with Gasteiger partial charge >= 0.3 is 0 Å². The second kappa shape index (κ2) is 5.76. The van der Waals surface area contributed by atoms with Crippen LogP contribution in [0.1, 0.15) is 32.8 Å². The molecule has 1 rings (SSSR count). The fourth-order valence-electron chi connectivity index (χ4n) is 1.64. The summed E-state index contributed by atoms with van der Waals surface area (Å²) in [6, 6.07) is 8.04. The van der Waals surface area contributed by atoms with Gasteiger partial charge in [0.15, 0.2) is 0 Å². The summed E-state index contributed by atoms with van der Waals surface area (Å²) in [7, 11) is 0. The molecule has 0 heterocycles. The van der Waals surface area contributed by atoms with Crippen molar-refractivity contribution >= 4 is 0 Å². The van der Waals surface area contributed by atoms with E-state index < -0.39 is 0 Å². The molecule has 0 aliphatic carbocycles. The minimum absolute atomic E-state index is 0.338. The first kappa shape index (κ1) is 12.1. The fourth-order valence-corrected chi connectivity index (χ4v) is 1.64. The molecule has 0 bridgehead atoms. The Kier molecular flexibility index (Phi) is 4.63. The zero-order valence-electron chi connectivity index (χ0n) is 9.90. The molecule has 2 nitrogen and oxygen atoms in total. The molecule has 0 fully saturated rings. The lowest BCUT2D eigenvalue weighted by atomic mass is 10.2. The Labute approximate surface area is 92.5 Å². The van der Waals surface area contributed by atoms with Crippen LogP contribution in [0, 0.1) is 0 Å². The van der Waals surface area contributed by atoms with Crippen LogP contribution < -0.4 is 0 Å². The van der Waals surface area contributed by atoms with E-state index in [1.165, 1.54) is 12.0 Å². The third kappa shape index (κ3) is 3.92. The summed E-state index contributed by atoms with van der Waals surface area (Å²) in [6.07, 6.45) is 1.18. The topological polar surface area (TPSA) is 23.5 Å². The van der Waals surface area contributed by atoms with Crippen LogP contribution in [-0.2, 0) is 6.54 Å². The molecule has 0 unspecified atom stereocenters. The molecule has 0 aliphatic heterocycles. The van der Waals surface area contributed by atoms with E-state index >= 15 is 0 Å². The van der Waals surface area contributed by atoms with Crippen molar-refractivity contribution < 1.29 is 5.11 Å². The first-order valence-corrected chi connectivity index (χ1v) is 5.65. The van der Waals surface area contributed by atoms with E-state index in [-0.39, 0.29) is 0 Å². The van der Waals surface area contributed by atoms with Gasteiger partial charge in [0.25, 0.3) is 0 Å². The second-order valence-electron chi connectivity index (χ2n) is 4.23. The first-order valence-electron chi connectivity index (χ1n) is 5.65. The predicted octanol–water partition coefficient (Wildman–Crippen LogP) is 3.01. The van der Waals surface area contributed by atoms with Gasteiger partial charge in [-0.2, -0.15) is 0 Å². The molecule has 1 aromatic carbocycles. The summed E-state index contributed by atoms with van der Waals surface area (Å²) >= 11 is 0. The number of aromatic hydroxyl groups is 1. The van der Waals surface area contributed by atoms with Crippen molar-refractivity contribution in [3.05, 3.63) is 29.8 Å². The highest BCUT2D eigenvalue weighted by molar-refractivity contribution is 5.25. The third-order valence-corrected chi connectivity index (χ3v) is 2.56. The number of hydrogen-bond acceptors (Lipinski definition) is 2. The largest absolute Gasteiger partial charge is 0.508 e. The van der Waals surface area contributed by atoms with Gasteiger partial charge in [0.2, 0.25) is 0 Å². The minimum Gasteiger partial charge on any atom is -0.508 e. The van der Waals surface area contributed by atoms with Gasteiger partial charge in [-0.05, 0) is 44.5 Å². The number of nitrogens with zero attached hydrogens (tertiary/aromatic N) is 1. The molecular weight excluding hydrogens is 186 g/mol. The van der Waals surface area contributed by atoms with E-state index in [0.29, 0.717) is 11.8 Å². The van der Waals surface area contributed by atoms with Crippen LogP contribution in [0.4, 0.5) is 0 Å². The molecule has 0 aliphatic rings. The zero-order chi connectivity index (χ0) is 11.3. The monoisotopic (exact) mass is 207 g/mol. The van der Waals surface area contributed by atoms with Crippen molar-refractivity contribution in [3.63, 3.8) is 0 Å². The van der Waals surface area contributed by atoms with Gasteiger partial charge in [0.1, 0.15) is 5.75 Å². The number of phenolic OH excluding ortho intramolecular Hbond substituents is 1. The molecule has 1 aromatic rings. The van der Waals surface area contributed by atoms with Crippen molar-refractivity contribution in [2.24, 2.45) is 0 Å². The summed E-state index contributed by atoms with van der Waals surface area (Å²) in [5, 5.41) is 9.19. The molecule has 0 spiro atoms. The number of rotatable bonds is 5. The molecule has 0 saturated carbocycles. The lowest BCUT2D eigenvalue weighted by Gasteiger charge is -2.25. The Bertz CT molecular complexity index is 279. The zero-order valence-corrected chi connectivity index (χ0v) is 9.90. The molecule has 0 radical (unpaired) electrons. The summed E-state index contributed by atoms with van der Waals surface area (Å²) in [6.45, 7) is 8.72. The van der Waals surface area contributed by atoms with E-state index in [1.54, 1.807) is 12.1 Å². The van der Waals surface area contributed by atoms with Crippen LogP contribution in [0.5, 0.6) is 5.75 Å². The summed E-state index contributed by atoms with van der Waals surface area (Å²) in [5.41, 5.74) is 1.26. The highest BCUT2D eigenvalue weighted by atomic mass is 16.3. The lowest BCUT2D eigenvalue weighted by molar-refractivity contribution is 0.213. The van der Waals surface area contributed by atoms with Crippen LogP contribution in [0.3, 0.4) is 0 Å². The average Bonchev–Trinajstić information content (AvgIpc) is 2.20. The molecule has 15 heavy (non-hydrogen) atoms. The van der Waals surface area contributed by atoms with Gasteiger partial charge in [0.05, 0.1) is 0 Å². The molecule has 0 amide bonds. The molecule has 84 valence electrons. The maximum atomic E-state index is 9.19. The van der Waals surface area contributed by atoms with Crippen molar-refractivity contribution in [1.29, 1.82) is 0 Å². The van der Waals surface area contributed by atoms with Crippen LogP contribution in [0.25, 0.3) is 0 Å². The van der Waals surface area contributed by atoms with Crippen molar-refractivity contribution in [1.82, 2.24) is 4.90 Å². The van der Waals surface area contributed by atoms with Gasteiger partial charge < -0.3 is 5.11 Å². The lowest BCUT2D eigenvalue weighted by Crippen LogP contribution is -2.30. The number of benzene rings is 1. The standard InChI is InChI=1S/C13H21NO/c1-4-9-14(11(2)3)10-12-5-7-13(15)8-6-12/h5-8,11,15H,4,9-10H2,1-3H3. The number of phenols is 1. The van der Waals surface area contributed by atoms with Crippen LogP contribution in [0.2, 0.25) is 0 Å². The van der Waals surface area contributed by atoms with Crippen LogP contribution in [-0.4, -0.2) is 22.6 Å². The maximum absolute atomic E-state index is 9.19. The average molecular weight is 207 g/mol. The molecule has 0 atom stereocenters. The molecule has 0 saturated heterocycles. The Hall–Kier alpha value is -1.02. The minimum atomic E-state index is 0.338. The predicted molar refractivity (Wildman–Crippen MR) is 63.9 cm³/mol. The first-order chi connectivity index (χ1) is 7.13. The van der Waals surface area contributed by atoms with Gasteiger partial charge in [-0.25, -0.2) is 0 Å². The van der Waals surface area contributed by atoms with Crippen molar-refractivity contribution in [3.8, 4) is 5.75 Å². The quantitative estimate of drug-likeness (QED) is 0.802. The van der Waals surface area contributed by atoms with E-state index in [9.17, 15) is 5.11 Å². The van der Waals surface area contributed by atoms with Crippen molar-refractivity contribution in [2.45, 2.75) is 39.8 Å². The summed E-state index contributed by atoms with van der Waals surface area (Å²) in [4.78, 5) is 2.44. The highest BCUT2D eigenvalue weighted by Gasteiger charge is 2.08. The summed E-state index contributed by atoms with van der Waals surface area (Å²) < 4.78 is 0. The molecular formula is C13H21NO. The fraction of sp³-hybridized carbons (Fsp3) is 0.538. The van der Waals surface area contributed by atoms with Gasteiger partial charge in [-0.15, -0.1) is 0 Å². The Morgan fingerprint density at radius 1 is 1.20 bits per heavy atom. The van der Waals surface area contributed by atoms with E-state index in [4.69, 9.17) is 0 Å². The molecule has 1 N–H and O–H groups in total. The summed E-state index contributed by atoms with van der Waals surface area (Å²) in [5.74, 6) is 0.338. The third-order valence-electron chi connectivity index (χ3n) is 2.56. The van der Waals surface area contributed by atoms with Gasteiger partial charge in [0, 0.05) is 12.6 Å². The Morgan fingerprint density at radius 2 is 1.80 bits per heavy atom. The van der Waals surface area contributed by atoms with E-state index in [2.05, 4.69) is 25.7 Å². The van der Waals surface area contributed by atoms with E-state index in [1.807, 2.05) is 12.1 Å². The second-order valence-corrected chi connectivity index (χ2v) is 4.23. The van der Waals surface area contributed by atoms with Gasteiger partial charge in [-0.1, -0.05) is 19.1 Å². The molecule has 0 aromatic heterocycles. The number of hydrogen-bond donors (Lipinski definition) is 1. The molecule has 2 heteroatoms. The van der Waals surface area contributed by atoms with Crippen LogP contribution in [0.15, 0.2) is 24.3 Å². The van der Waals surface area contributed by atoms with Crippen LogP contribution >= 0.6 is 0 Å². The van der Waals surface area contributed by atoms with Crippen molar-refractivity contribution in [2.75, 3.05) is 6.54 Å². The van der Waals surface area contributed by atoms with E-state index in [0.717, 1.165) is 13.1 Å². The highest BCUT2D eigenvalue weighted by Crippen LogP contribution is 2.13. The smallest absolute Gasteiger partial charge is 0.115 e. The Balaban J connectivity index is 2.61. The Morgan fingerprint density at radius 3 is 2.27 bits per heavy atom. The normalized spacial score (nSPS) is 11.3.